The molecule has 6 heteroatoms. The van der Waals surface area contributed by atoms with Crippen LogP contribution in [0.5, 0.6) is 0 Å². The molecular weight excluding hydrogens is 324 g/mol. The van der Waals surface area contributed by atoms with E-state index in [0.29, 0.717) is 16.5 Å². The van der Waals surface area contributed by atoms with Crippen LogP contribution < -0.4 is 10.6 Å². The molecule has 2 N–H and O–H groups in total. The first-order chi connectivity index (χ1) is 11.5. The van der Waals surface area contributed by atoms with E-state index < -0.39 is 0 Å². The molecule has 0 bridgehead atoms. The minimum Gasteiger partial charge on any atom is -0.308 e. The van der Waals surface area contributed by atoms with Crippen molar-refractivity contribution >= 4 is 29.1 Å². The minimum absolute atomic E-state index is 0.368. The molecule has 0 aliphatic heterocycles. The highest BCUT2D eigenvalue weighted by Gasteiger charge is 2.10. The molecule has 0 fully saturated rings. The van der Waals surface area contributed by atoms with Crippen LogP contribution in [0.15, 0.2) is 54.6 Å². The topological polar surface area (TPSA) is 59.0 Å². The van der Waals surface area contributed by atoms with Gasteiger partial charge in [0.25, 0.3) is 0 Å². The van der Waals surface area contributed by atoms with Gasteiger partial charge in [-0.15, -0.1) is 0 Å². The molecule has 0 atom stereocenters. The molecule has 0 saturated heterocycles. The van der Waals surface area contributed by atoms with Gasteiger partial charge in [0.1, 0.15) is 0 Å². The summed E-state index contributed by atoms with van der Waals surface area (Å²) >= 11 is 6.06. The molecule has 1 aromatic heterocycles. The van der Waals surface area contributed by atoms with Gasteiger partial charge in [0.05, 0.1) is 5.69 Å². The second-order valence-electron chi connectivity index (χ2n) is 5.45. The molecule has 5 nitrogen and oxygen atoms in total. The Morgan fingerprint density at radius 2 is 1.83 bits per heavy atom. The lowest BCUT2D eigenvalue weighted by atomic mass is 10.1. The summed E-state index contributed by atoms with van der Waals surface area (Å²) in [4.78, 5) is 12.1. The Morgan fingerprint density at radius 3 is 2.54 bits per heavy atom. The fraction of sp³-hybridized carbons (Fsp3) is 0.111. The van der Waals surface area contributed by atoms with Gasteiger partial charge in [-0.2, -0.15) is 5.10 Å². The number of aryl methyl sites for hydroxylation is 2. The van der Waals surface area contributed by atoms with E-state index in [1.807, 2.05) is 56.4 Å². The Balaban J connectivity index is 1.72. The summed E-state index contributed by atoms with van der Waals surface area (Å²) in [6.45, 7) is 1.91. The number of aromatic nitrogens is 2. The van der Waals surface area contributed by atoms with Crippen molar-refractivity contribution in [2.75, 3.05) is 10.6 Å². The molecule has 1 heterocycles. The second kappa shape index (κ2) is 6.76. The summed E-state index contributed by atoms with van der Waals surface area (Å²) in [5, 5.41) is 10.4. The number of carbonyl (C=O) groups excluding carboxylic acids is 1. The van der Waals surface area contributed by atoms with E-state index in [-0.39, 0.29) is 6.03 Å². The zero-order valence-corrected chi connectivity index (χ0v) is 14.1. The van der Waals surface area contributed by atoms with Gasteiger partial charge in [-0.1, -0.05) is 48.0 Å². The van der Waals surface area contributed by atoms with Crippen molar-refractivity contribution in [1.29, 1.82) is 0 Å². The van der Waals surface area contributed by atoms with E-state index in [9.17, 15) is 4.79 Å². The van der Waals surface area contributed by atoms with Gasteiger partial charge in [0, 0.05) is 23.8 Å². The third kappa shape index (κ3) is 3.58. The van der Waals surface area contributed by atoms with Crippen molar-refractivity contribution in [2.45, 2.75) is 6.92 Å². The monoisotopic (exact) mass is 340 g/mol. The molecule has 122 valence electrons. The van der Waals surface area contributed by atoms with Crippen LogP contribution in [0, 0.1) is 6.92 Å². The number of hydrogen-bond acceptors (Lipinski definition) is 2. The molecule has 24 heavy (non-hydrogen) atoms. The van der Waals surface area contributed by atoms with Gasteiger partial charge >= 0.3 is 6.03 Å². The number of carbonyl (C=O) groups is 1. The summed E-state index contributed by atoms with van der Waals surface area (Å²) in [5.74, 6) is 0.479. The summed E-state index contributed by atoms with van der Waals surface area (Å²) in [6.07, 6.45) is 0. The number of nitrogens with zero attached hydrogens (tertiary/aromatic N) is 2. The normalized spacial score (nSPS) is 10.5. The summed E-state index contributed by atoms with van der Waals surface area (Å²) < 4.78 is 1.73. The summed E-state index contributed by atoms with van der Waals surface area (Å²) in [7, 11) is 1.84. The molecule has 0 aliphatic carbocycles. The largest absolute Gasteiger partial charge is 0.324 e. The Labute approximate surface area is 145 Å². The summed E-state index contributed by atoms with van der Waals surface area (Å²) in [6, 6.07) is 16.7. The zero-order valence-electron chi connectivity index (χ0n) is 13.4. The van der Waals surface area contributed by atoms with Crippen LogP contribution in [0.25, 0.3) is 11.3 Å². The fourth-order valence-electron chi connectivity index (χ4n) is 2.36. The first-order valence-electron chi connectivity index (χ1n) is 7.46. The van der Waals surface area contributed by atoms with E-state index in [1.54, 1.807) is 16.8 Å². The SMILES string of the molecule is Cc1ccc(NC(=O)Nc2cc(-c3ccccc3)n(C)n2)cc1Cl. The highest BCUT2D eigenvalue weighted by molar-refractivity contribution is 6.31. The third-order valence-corrected chi connectivity index (χ3v) is 4.03. The highest BCUT2D eigenvalue weighted by atomic mass is 35.5. The average Bonchev–Trinajstić information content (AvgIpc) is 2.92. The van der Waals surface area contributed by atoms with Crippen LogP contribution in [-0.4, -0.2) is 15.8 Å². The average molecular weight is 341 g/mol. The van der Waals surface area contributed by atoms with Crippen LogP contribution >= 0.6 is 11.6 Å². The third-order valence-electron chi connectivity index (χ3n) is 3.62. The number of halogens is 1. The molecule has 0 unspecified atom stereocenters. The smallest absolute Gasteiger partial charge is 0.308 e. The Kier molecular flexibility index (Phi) is 4.53. The molecule has 0 aliphatic rings. The number of hydrogen-bond donors (Lipinski definition) is 2. The zero-order chi connectivity index (χ0) is 17.1. The molecule has 3 rings (SSSR count). The van der Waals surface area contributed by atoms with Gasteiger partial charge in [0.2, 0.25) is 0 Å². The number of urea groups is 1. The van der Waals surface area contributed by atoms with Crippen LogP contribution in [0.2, 0.25) is 5.02 Å². The Hall–Kier alpha value is -2.79. The number of amides is 2. The second-order valence-corrected chi connectivity index (χ2v) is 5.85. The Morgan fingerprint density at radius 1 is 1.08 bits per heavy atom. The lowest BCUT2D eigenvalue weighted by molar-refractivity contribution is 0.262. The van der Waals surface area contributed by atoms with Gasteiger partial charge in [-0.25, -0.2) is 4.79 Å². The lowest BCUT2D eigenvalue weighted by Gasteiger charge is -2.07. The Bertz CT molecular complexity index is 874. The lowest BCUT2D eigenvalue weighted by Crippen LogP contribution is -2.19. The molecule has 2 amide bonds. The molecule has 3 aromatic rings. The molecule has 0 spiro atoms. The van der Waals surface area contributed by atoms with Crippen molar-refractivity contribution in [2.24, 2.45) is 7.05 Å². The van der Waals surface area contributed by atoms with Gasteiger partial charge in [-0.05, 0) is 30.2 Å². The molecule has 0 radical (unpaired) electrons. The quantitative estimate of drug-likeness (QED) is 0.726. The van der Waals surface area contributed by atoms with Crippen molar-refractivity contribution in [3.05, 3.63) is 65.2 Å². The predicted octanol–water partition coefficient (Wildman–Crippen LogP) is 4.69. The maximum atomic E-state index is 12.1. The van der Waals surface area contributed by atoms with Gasteiger partial charge < -0.3 is 5.32 Å². The van der Waals surface area contributed by atoms with Crippen LogP contribution in [0.1, 0.15) is 5.56 Å². The number of anilines is 2. The van der Waals surface area contributed by atoms with Crippen molar-refractivity contribution in [3.63, 3.8) is 0 Å². The maximum absolute atomic E-state index is 12.1. The van der Waals surface area contributed by atoms with E-state index in [0.717, 1.165) is 16.8 Å². The van der Waals surface area contributed by atoms with Gasteiger partial charge in [0.15, 0.2) is 5.82 Å². The number of benzene rings is 2. The van der Waals surface area contributed by atoms with E-state index >= 15 is 0 Å². The molecule has 2 aromatic carbocycles. The van der Waals surface area contributed by atoms with Crippen LogP contribution in [0.3, 0.4) is 0 Å². The van der Waals surface area contributed by atoms with Crippen molar-refractivity contribution in [3.8, 4) is 11.3 Å². The van der Waals surface area contributed by atoms with E-state index in [2.05, 4.69) is 15.7 Å². The van der Waals surface area contributed by atoms with Crippen molar-refractivity contribution in [1.82, 2.24) is 9.78 Å². The minimum atomic E-state index is -0.368. The number of nitrogens with one attached hydrogen (secondary N) is 2. The van der Waals surface area contributed by atoms with Crippen molar-refractivity contribution < 1.29 is 4.79 Å². The van der Waals surface area contributed by atoms with E-state index in [1.165, 1.54) is 0 Å². The molecular formula is C18H17ClN4O. The van der Waals surface area contributed by atoms with Gasteiger partial charge in [-0.3, -0.25) is 10.00 Å². The molecule has 0 saturated carbocycles. The van der Waals surface area contributed by atoms with Crippen LogP contribution in [-0.2, 0) is 7.05 Å². The fourth-order valence-corrected chi connectivity index (χ4v) is 2.54. The van der Waals surface area contributed by atoms with E-state index in [4.69, 9.17) is 11.6 Å². The summed E-state index contributed by atoms with van der Waals surface area (Å²) in [5.41, 5.74) is 3.54. The van der Waals surface area contributed by atoms with Crippen LogP contribution in [0.4, 0.5) is 16.3 Å². The standard InChI is InChI=1S/C18H17ClN4O/c1-12-8-9-14(10-15(12)19)20-18(24)21-17-11-16(23(2)22-17)13-6-4-3-5-7-13/h3-11H,1-2H3,(H2,20,21,22,24). The maximum Gasteiger partial charge on any atom is 0.324 e. The highest BCUT2D eigenvalue weighted by Crippen LogP contribution is 2.22. The first kappa shape index (κ1) is 16.1. The predicted molar refractivity (Wildman–Crippen MR) is 97.5 cm³/mol. The first-order valence-corrected chi connectivity index (χ1v) is 7.84. The number of rotatable bonds is 3.